The summed E-state index contributed by atoms with van der Waals surface area (Å²) in [5.41, 5.74) is 2.25. The molecule has 25 heavy (non-hydrogen) atoms. The third kappa shape index (κ3) is 4.14. The van der Waals surface area contributed by atoms with E-state index < -0.39 is 8.32 Å². The smallest absolute Gasteiger partial charge is 0.192 e. The summed E-state index contributed by atoms with van der Waals surface area (Å²) >= 11 is 6.24. The Balaban J connectivity index is 2.44. The number of benzene rings is 1. The van der Waals surface area contributed by atoms with Gasteiger partial charge in [-0.2, -0.15) is 0 Å². The topological polar surface area (TPSA) is 27.7 Å². The van der Waals surface area contributed by atoms with E-state index in [0.717, 1.165) is 24.3 Å². The van der Waals surface area contributed by atoms with Crippen molar-refractivity contribution < 1.29 is 13.9 Å². The van der Waals surface area contributed by atoms with Crippen LogP contribution in [0.25, 0.3) is 0 Å². The number of hydrogen-bond acceptors (Lipinski definition) is 3. The van der Waals surface area contributed by atoms with Crippen molar-refractivity contribution in [2.45, 2.75) is 69.9 Å². The van der Waals surface area contributed by atoms with Gasteiger partial charge in [0, 0.05) is 25.8 Å². The molecular formula is C20H33ClO3Si. The highest BCUT2D eigenvalue weighted by atomic mass is 35.5. The second kappa shape index (κ2) is 7.69. The second-order valence-corrected chi connectivity index (χ2v) is 13.9. The van der Waals surface area contributed by atoms with Crippen molar-refractivity contribution in [2.75, 3.05) is 20.8 Å². The maximum Gasteiger partial charge on any atom is 0.192 e. The van der Waals surface area contributed by atoms with E-state index in [2.05, 4.69) is 46.0 Å². The Morgan fingerprint density at radius 1 is 1.20 bits per heavy atom. The molecule has 0 unspecified atom stereocenters. The summed E-state index contributed by atoms with van der Waals surface area (Å²) in [6.45, 7) is 12.0. The van der Waals surface area contributed by atoms with Gasteiger partial charge in [-0.3, -0.25) is 0 Å². The Morgan fingerprint density at radius 3 is 2.40 bits per heavy atom. The zero-order valence-electron chi connectivity index (χ0n) is 16.7. The summed E-state index contributed by atoms with van der Waals surface area (Å²) in [6, 6.07) is 6.19. The van der Waals surface area contributed by atoms with Crippen molar-refractivity contribution in [3.8, 4) is 0 Å². The largest absolute Gasteiger partial charge is 0.416 e. The Bertz CT molecular complexity index is 593. The first-order chi connectivity index (χ1) is 11.6. The normalized spacial score (nSPS) is 21.5. The van der Waals surface area contributed by atoms with Crippen LogP contribution in [-0.4, -0.2) is 35.4 Å². The number of hydrogen-bond donors (Lipinski definition) is 0. The summed E-state index contributed by atoms with van der Waals surface area (Å²) in [6.07, 6.45) is 2.77. The lowest BCUT2D eigenvalue weighted by Gasteiger charge is -2.46. The SMILES string of the molecule is COC(OC)[C@]1(CO[Si](C)(C)C(C)(C)C)CCCc2cc(Cl)ccc21. The molecule has 0 saturated heterocycles. The van der Waals surface area contributed by atoms with Gasteiger partial charge < -0.3 is 13.9 Å². The van der Waals surface area contributed by atoms with E-state index in [1.54, 1.807) is 14.2 Å². The molecule has 0 saturated carbocycles. The fraction of sp³-hybridized carbons (Fsp3) is 0.700. The van der Waals surface area contributed by atoms with E-state index in [4.69, 9.17) is 25.5 Å². The summed E-state index contributed by atoms with van der Waals surface area (Å²) in [7, 11) is 1.55. The van der Waals surface area contributed by atoms with Gasteiger partial charge in [0.25, 0.3) is 0 Å². The first-order valence-electron chi connectivity index (χ1n) is 9.06. The van der Waals surface area contributed by atoms with Crippen LogP contribution in [0.4, 0.5) is 0 Å². The van der Waals surface area contributed by atoms with E-state index in [1.165, 1.54) is 11.1 Å². The lowest BCUT2D eigenvalue weighted by molar-refractivity contribution is -0.163. The molecule has 142 valence electrons. The van der Waals surface area contributed by atoms with Crippen LogP contribution in [0.15, 0.2) is 18.2 Å². The molecule has 3 nitrogen and oxygen atoms in total. The fourth-order valence-electron chi connectivity index (χ4n) is 3.52. The van der Waals surface area contributed by atoms with Gasteiger partial charge in [0.05, 0.1) is 5.41 Å². The number of rotatable bonds is 6. The maximum atomic E-state index is 6.65. The van der Waals surface area contributed by atoms with Gasteiger partial charge in [-0.05, 0) is 60.7 Å². The van der Waals surface area contributed by atoms with Crippen LogP contribution in [0.5, 0.6) is 0 Å². The Labute approximate surface area is 159 Å². The molecule has 0 aromatic heterocycles. The van der Waals surface area contributed by atoms with Crippen LogP contribution in [-0.2, 0) is 25.7 Å². The summed E-state index contributed by atoms with van der Waals surface area (Å²) < 4.78 is 18.2. The lowest BCUT2D eigenvalue weighted by atomic mass is 9.70. The van der Waals surface area contributed by atoms with Crippen LogP contribution in [0, 0.1) is 0 Å². The minimum absolute atomic E-state index is 0.168. The van der Waals surface area contributed by atoms with Crippen molar-refractivity contribution >= 4 is 19.9 Å². The highest BCUT2D eigenvalue weighted by molar-refractivity contribution is 6.74. The molecule has 1 aliphatic rings. The van der Waals surface area contributed by atoms with Crippen molar-refractivity contribution in [1.29, 1.82) is 0 Å². The zero-order valence-corrected chi connectivity index (χ0v) is 18.5. The fourth-order valence-corrected chi connectivity index (χ4v) is 4.77. The van der Waals surface area contributed by atoms with E-state index in [1.807, 2.05) is 6.07 Å². The second-order valence-electron chi connectivity index (χ2n) is 8.66. The van der Waals surface area contributed by atoms with Crippen molar-refractivity contribution in [3.63, 3.8) is 0 Å². The first kappa shape index (κ1) is 20.9. The molecular weight excluding hydrogens is 352 g/mol. The lowest BCUT2D eigenvalue weighted by Crippen LogP contribution is -2.52. The van der Waals surface area contributed by atoms with Gasteiger partial charge in [0.15, 0.2) is 14.6 Å². The minimum Gasteiger partial charge on any atom is -0.416 e. The van der Waals surface area contributed by atoms with E-state index in [0.29, 0.717) is 6.61 Å². The maximum absolute atomic E-state index is 6.65. The van der Waals surface area contributed by atoms with Crippen LogP contribution in [0.2, 0.25) is 23.2 Å². The third-order valence-corrected chi connectivity index (χ3v) is 10.8. The molecule has 0 radical (unpaired) electrons. The molecule has 1 aliphatic carbocycles. The summed E-state index contributed by atoms with van der Waals surface area (Å²) in [5.74, 6) is 0. The van der Waals surface area contributed by atoms with Gasteiger partial charge in [-0.1, -0.05) is 38.4 Å². The standard InChI is InChI=1S/C20H33ClO3Si/c1-19(2,3)25(6,7)24-14-20(18(22-4)23-5)12-8-9-15-13-16(21)10-11-17(15)20/h10-11,13,18H,8-9,12,14H2,1-7H3/t20-/m0/s1. The third-order valence-electron chi connectivity index (χ3n) is 6.05. The van der Waals surface area contributed by atoms with E-state index in [-0.39, 0.29) is 16.7 Å². The predicted molar refractivity (Wildman–Crippen MR) is 107 cm³/mol. The van der Waals surface area contributed by atoms with Gasteiger partial charge >= 0.3 is 0 Å². The summed E-state index contributed by atoms with van der Waals surface area (Å²) in [4.78, 5) is 0. The number of fused-ring (bicyclic) bond motifs is 1. The summed E-state index contributed by atoms with van der Waals surface area (Å²) in [5, 5.41) is 0.952. The highest BCUT2D eigenvalue weighted by Crippen LogP contribution is 2.45. The molecule has 0 fully saturated rings. The van der Waals surface area contributed by atoms with Gasteiger partial charge in [0.2, 0.25) is 0 Å². The molecule has 0 heterocycles. The van der Waals surface area contributed by atoms with Crippen LogP contribution in [0.1, 0.15) is 44.7 Å². The number of ether oxygens (including phenoxy) is 2. The average Bonchev–Trinajstić information content (AvgIpc) is 2.53. The van der Waals surface area contributed by atoms with Crippen LogP contribution in [0.3, 0.4) is 0 Å². The first-order valence-corrected chi connectivity index (χ1v) is 12.3. The average molecular weight is 385 g/mol. The van der Waals surface area contributed by atoms with Crippen molar-refractivity contribution in [3.05, 3.63) is 34.3 Å². The van der Waals surface area contributed by atoms with E-state index >= 15 is 0 Å². The van der Waals surface area contributed by atoms with Crippen molar-refractivity contribution in [2.24, 2.45) is 0 Å². The number of methoxy groups -OCH3 is 2. The number of halogens is 1. The van der Waals surface area contributed by atoms with Crippen LogP contribution >= 0.6 is 11.6 Å². The highest BCUT2D eigenvalue weighted by Gasteiger charge is 2.47. The molecule has 0 amide bonds. The zero-order chi connectivity index (χ0) is 18.9. The monoisotopic (exact) mass is 384 g/mol. The Morgan fingerprint density at radius 2 is 1.84 bits per heavy atom. The molecule has 0 aliphatic heterocycles. The van der Waals surface area contributed by atoms with Gasteiger partial charge in [0.1, 0.15) is 0 Å². The molecule has 1 atom stereocenters. The molecule has 2 rings (SSSR count). The quantitative estimate of drug-likeness (QED) is 0.475. The predicted octanol–water partition coefficient (Wildman–Crippen LogP) is 5.55. The van der Waals surface area contributed by atoms with E-state index in [9.17, 15) is 0 Å². The number of aryl methyl sites for hydroxylation is 1. The molecule has 1 aromatic rings. The molecule has 5 heteroatoms. The van der Waals surface area contributed by atoms with Crippen LogP contribution < -0.4 is 0 Å². The Kier molecular flexibility index (Phi) is 6.43. The molecule has 0 N–H and O–H groups in total. The Hall–Kier alpha value is -0.393. The van der Waals surface area contributed by atoms with Crippen molar-refractivity contribution in [1.82, 2.24) is 0 Å². The molecule has 0 bridgehead atoms. The molecule has 1 aromatic carbocycles. The van der Waals surface area contributed by atoms with Gasteiger partial charge in [-0.25, -0.2) is 0 Å². The van der Waals surface area contributed by atoms with Gasteiger partial charge in [-0.15, -0.1) is 0 Å². The minimum atomic E-state index is -1.88. The molecule has 0 spiro atoms.